The highest BCUT2D eigenvalue weighted by Gasteiger charge is 2.19. The van der Waals surface area contributed by atoms with Crippen molar-refractivity contribution in [3.63, 3.8) is 0 Å². The summed E-state index contributed by atoms with van der Waals surface area (Å²) in [7, 11) is 4.07. The lowest BCUT2D eigenvalue weighted by atomic mass is 10.1. The Labute approximate surface area is 136 Å². The molecule has 0 unspecified atom stereocenters. The van der Waals surface area contributed by atoms with Crippen LogP contribution < -0.4 is 25.2 Å². The summed E-state index contributed by atoms with van der Waals surface area (Å²) in [6, 6.07) is 12.6. The van der Waals surface area contributed by atoms with E-state index in [0.29, 0.717) is 0 Å². The maximum absolute atomic E-state index is 6.17. The molecule has 2 aliphatic rings. The number of anilines is 4. The third kappa shape index (κ3) is 2.68. The molecule has 2 aliphatic heterocycles. The zero-order valence-electron chi connectivity index (χ0n) is 13.6. The van der Waals surface area contributed by atoms with Gasteiger partial charge in [-0.1, -0.05) is 0 Å². The number of fused-ring (bicyclic) bond motifs is 2. The fourth-order valence-corrected chi connectivity index (χ4v) is 3.06. The first-order valence-corrected chi connectivity index (χ1v) is 8.07. The fraction of sp³-hybridized carbons (Fsp3) is 0.333. The monoisotopic (exact) mass is 310 g/mol. The lowest BCUT2D eigenvalue weighted by molar-refractivity contribution is 0.480. The van der Waals surface area contributed by atoms with E-state index in [9.17, 15) is 0 Å². The normalized spacial score (nSPS) is 16.0. The molecule has 5 nitrogen and oxygen atoms in total. The van der Waals surface area contributed by atoms with E-state index in [-0.39, 0.29) is 0 Å². The van der Waals surface area contributed by atoms with Crippen LogP contribution in [0, 0.1) is 0 Å². The number of benzene rings is 2. The van der Waals surface area contributed by atoms with Gasteiger partial charge in [-0.15, -0.1) is 0 Å². The van der Waals surface area contributed by atoms with E-state index in [1.165, 1.54) is 5.69 Å². The number of rotatable bonds is 2. The van der Waals surface area contributed by atoms with Crippen LogP contribution in [0.25, 0.3) is 0 Å². The molecule has 1 saturated heterocycles. The first kappa shape index (κ1) is 14.2. The van der Waals surface area contributed by atoms with Gasteiger partial charge in [-0.25, -0.2) is 0 Å². The van der Waals surface area contributed by atoms with Crippen LogP contribution in [-0.2, 0) is 0 Å². The van der Waals surface area contributed by atoms with E-state index in [2.05, 4.69) is 56.8 Å². The van der Waals surface area contributed by atoms with Crippen molar-refractivity contribution in [2.45, 2.75) is 0 Å². The predicted molar refractivity (Wildman–Crippen MR) is 95.7 cm³/mol. The molecule has 120 valence electrons. The molecule has 2 aromatic carbocycles. The topological polar surface area (TPSA) is 39.8 Å². The van der Waals surface area contributed by atoms with E-state index >= 15 is 0 Å². The maximum Gasteiger partial charge on any atom is 0.153 e. The molecular formula is C18H22N4O. The molecule has 2 N–H and O–H groups in total. The molecule has 2 heterocycles. The highest BCUT2D eigenvalue weighted by atomic mass is 16.5. The molecule has 0 radical (unpaired) electrons. The first-order chi connectivity index (χ1) is 11.2. The molecule has 0 spiro atoms. The summed E-state index contributed by atoms with van der Waals surface area (Å²) in [5.74, 6) is 1.77. The van der Waals surface area contributed by atoms with Gasteiger partial charge >= 0.3 is 0 Å². The van der Waals surface area contributed by atoms with E-state index < -0.39 is 0 Å². The molecule has 1 fully saturated rings. The van der Waals surface area contributed by atoms with Gasteiger partial charge in [-0.2, -0.15) is 0 Å². The van der Waals surface area contributed by atoms with Crippen molar-refractivity contribution < 1.29 is 4.74 Å². The van der Waals surface area contributed by atoms with Crippen molar-refractivity contribution in [2.24, 2.45) is 0 Å². The zero-order valence-corrected chi connectivity index (χ0v) is 13.6. The van der Waals surface area contributed by atoms with Gasteiger partial charge in [-0.05, 0) is 24.3 Å². The number of nitrogens with zero attached hydrogens (tertiary/aromatic N) is 2. The van der Waals surface area contributed by atoms with Crippen molar-refractivity contribution in [3.05, 3.63) is 36.4 Å². The summed E-state index contributed by atoms with van der Waals surface area (Å²) in [5, 5.41) is 6.85. The molecule has 0 aliphatic carbocycles. The molecule has 0 saturated carbocycles. The average Bonchev–Trinajstić information content (AvgIpc) is 2.59. The third-order valence-electron chi connectivity index (χ3n) is 4.42. The van der Waals surface area contributed by atoms with Crippen LogP contribution in [0.5, 0.6) is 11.5 Å². The van der Waals surface area contributed by atoms with Crippen molar-refractivity contribution in [2.75, 3.05) is 55.4 Å². The summed E-state index contributed by atoms with van der Waals surface area (Å²) < 4.78 is 6.17. The van der Waals surface area contributed by atoms with Gasteiger partial charge in [0.25, 0.3) is 0 Å². The van der Waals surface area contributed by atoms with E-state index in [1.807, 2.05) is 14.1 Å². The third-order valence-corrected chi connectivity index (χ3v) is 4.42. The lowest BCUT2D eigenvalue weighted by Gasteiger charge is -2.31. The van der Waals surface area contributed by atoms with Crippen molar-refractivity contribution in [1.82, 2.24) is 5.32 Å². The van der Waals surface area contributed by atoms with Crippen molar-refractivity contribution in [1.29, 1.82) is 0 Å². The molecule has 0 atom stereocenters. The van der Waals surface area contributed by atoms with Crippen LogP contribution in [0.3, 0.4) is 0 Å². The highest BCUT2D eigenvalue weighted by Crippen LogP contribution is 2.44. The summed E-state index contributed by atoms with van der Waals surface area (Å²) in [6.45, 7) is 4.14. The van der Waals surface area contributed by atoms with Crippen LogP contribution in [0.15, 0.2) is 36.4 Å². The Morgan fingerprint density at radius 3 is 2.39 bits per heavy atom. The number of nitrogens with one attached hydrogen (secondary N) is 2. The van der Waals surface area contributed by atoms with Crippen LogP contribution in [0.1, 0.15) is 0 Å². The Kier molecular flexibility index (Phi) is 3.50. The first-order valence-electron chi connectivity index (χ1n) is 8.07. The van der Waals surface area contributed by atoms with Gasteiger partial charge in [0.2, 0.25) is 0 Å². The van der Waals surface area contributed by atoms with E-state index in [0.717, 1.165) is 54.7 Å². The molecule has 0 aromatic heterocycles. The number of hydrogen-bond acceptors (Lipinski definition) is 5. The Morgan fingerprint density at radius 1 is 0.957 bits per heavy atom. The number of ether oxygens (including phenoxy) is 1. The Balaban J connectivity index is 1.63. The van der Waals surface area contributed by atoms with Gasteiger partial charge < -0.3 is 25.2 Å². The minimum Gasteiger partial charge on any atom is -0.453 e. The van der Waals surface area contributed by atoms with E-state index in [4.69, 9.17) is 4.74 Å². The molecule has 2 aromatic rings. The quantitative estimate of drug-likeness (QED) is 0.761. The lowest BCUT2D eigenvalue weighted by Crippen LogP contribution is -2.43. The van der Waals surface area contributed by atoms with Gasteiger partial charge in [-0.3, -0.25) is 0 Å². The number of hydrogen-bond donors (Lipinski definition) is 2. The molecule has 4 rings (SSSR count). The second kappa shape index (κ2) is 5.66. The van der Waals surface area contributed by atoms with E-state index in [1.54, 1.807) is 0 Å². The minimum atomic E-state index is 0.876. The molecule has 23 heavy (non-hydrogen) atoms. The van der Waals surface area contributed by atoms with Crippen molar-refractivity contribution in [3.8, 4) is 11.5 Å². The Morgan fingerprint density at radius 2 is 1.65 bits per heavy atom. The smallest absolute Gasteiger partial charge is 0.153 e. The summed E-state index contributed by atoms with van der Waals surface area (Å²) in [4.78, 5) is 4.47. The maximum atomic E-state index is 6.17. The minimum absolute atomic E-state index is 0.876. The van der Waals surface area contributed by atoms with Crippen LogP contribution >= 0.6 is 0 Å². The number of piperazine rings is 1. The Bertz CT molecular complexity index is 723. The SMILES string of the molecule is CN(C)c1ccc2c(c1)Oc1cc(N3CCNCC3)ccc1N2. The zero-order chi connectivity index (χ0) is 15.8. The second-order valence-electron chi connectivity index (χ2n) is 6.22. The molecule has 0 amide bonds. The van der Waals surface area contributed by atoms with Gasteiger partial charge in [0.1, 0.15) is 0 Å². The molecular weight excluding hydrogens is 288 g/mol. The van der Waals surface area contributed by atoms with Crippen molar-refractivity contribution >= 4 is 22.7 Å². The van der Waals surface area contributed by atoms with Crippen LogP contribution in [-0.4, -0.2) is 40.3 Å². The summed E-state index contributed by atoms with van der Waals surface area (Å²) >= 11 is 0. The van der Waals surface area contributed by atoms with Crippen LogP contribution in [0.4, 0.5) is 22.7 Å². The summed E-state index contributed by atoms with van der Waals surface area (Å²) in [6.07, 6.45) is 0. The van der Waals surface area contributed by atoms with Gasteiger partial charge in [0.05, 0.1) is 11.4 Å². The molecule has 5 heteroatoms. The Hall–Kier alpha value is -2.40. The summed E-state index contributed by atoms with van der Waals surface area (Å²) in [5.41, 5.74) is 4.39. The average molecular weight is 310 g/mol. The fourth-order valence-electron chi connectivity index (χ4n) is 3.06. The predicted octanol–water partition coefficient (Wildman–Crippen LogP) is 3.01. The van der Waals surface area contributed by atoms with Gasteiger partial charge in [0, 0.05) is 63.8 Å². The molecule has 0 bridgehead atoms. The largest absolute Gasteiger partial charge is 0.453 e. The highest BCUT2D eigenvalue weighted by molar-refractivity contribution is 5.79. The second-order valence-corrected chi connectivity index (χ2v) is 6.22. The van der Waals surface area contributed by atoms with Gasteiger partial charge in [0.15, 0.2) is 11.5 Å². The van der Waals surface area contributed by atoms with Crippen LogP contribution in [0.2, 0.25) is 0 Å². The standard InChI is InChI=1S/C18H22N4O/c1-21(2)13-3-5-15-17(11-13)23-18-12-14(4-6-16(18)20-15)22-9-7-19-8-10-22/h3-6,11-12,19-20H,7-10H2,1-2H3.